The van der Waals surface area contributed by atoms with Gasteiger partial charge in [0, 0.05) is 22.1 Å². The van der Waals surface area contributed by atoms with Gasteiger partial charge in [0.05, 0.1) is 12.1 Å². The summed E-state index contributed by atoms with van der Waals surface area (Å²) in [6.45, 7) is 2.49. The zero-order valence-electron chi connectivity index (χ0n) is 13.3. The average molecular weight is 388 g/mol. The molecule has 124 valence electrons. The van der Waals surface area contributed by atoms with Crippen molar-refractivity contribution < 1.29 is 14.7 Å². The number of carbonyl (C=O) groups is 2. The molecule has 0 aromatic heterocycles. The summed E-state index contributed by atoms with van der Waals surface area (Å²) in [6, 6.07) is 14.0. The Labute approximate surface area is 149 Å². The zero-order valence-corrected chi connectivity index (χ0v) is 14.9. The molecule has 0 radical (unpaired) electrons. The number of ketones is 1. The van der Waals surface area contributed by atoms with E-state index in [4.69, 9.17) is 0 Å². The summed E-state index contributed by atoms with van der Waals surface area (Å²) in [5.74, 6) is -0.678. The Balaban J connectivity index is 1.95. The van der Waals surface area contributed by atoms with E-state index >= 15 is 0 Å². The first-order valence-electron chi connectivity index (χ1n) is 7.90. The predicted octanol–water partition coefficient (Wildman–Crippen LogP) is 3.67. The van der Waals surface area contributed by atoms with Crippen LogP contribution in [0.1, 0.15) is 35.7 Å². The van der Waals surface area contributed by atoms with Crippen molar-refractivity contribution in [3.63, 3.8) is 0 Å². The Morgan fingerprint density at radius 1 is 1.17 bits per heavy atom. The lowest BCUT2D eigenvalue weighted by atomic mass is 9.88. The van der Waals surface area contributed by atoms with Crippen molar-refractivity contribution in [3.05, 3.63) is 64.1 Å². The van der Waals surface area contributed by atoms with Crippen LogP contribution in [-0.2, 0) is 10.4 Å². The standard InChI is InChI=1S/C19H18BrNO3/c1-2-11-21-16-6-4-3-5-15(16)19(24,18(21)23)12-17(22)13-7-9-14(20)10-8-13/h3-10,24H,2,11-12H2,1H3/t19-/m1/s1. The molecule has 5 heteroatoms. The molecule has 2 aromatic carbocycles. The number of benzene rings is 2. The highest BCUT2D eigenvalue weighted by atomic mass is 79.9. The summed E-state index contributed by atoms with van der Waals surface area (Å²) in [7, 11) is 0. The third kappa shape index (κ3) is 2.78. The first-order valence-corrected chi connectivity index (χ1v) is 8.69. The van der Waals surface area contributed by atoms with E-state index < -0.39 is 11.5 Å². The highest BCUT2D eigenvalue weighted by Gasteiger charge is 2.50. The Bertz CT molecular complexity index is 787. The Morgan fingerprint density at radius 3 is 2.50 bits per heavy atom. The molecule has 0 saturated carbocycles. The van der Waals surface area contributed by atoms with Gasteiger partial charge < -0.3 is 10.0 Å². The average Bonchev–Trinajstić information content (AvgIpc) is 2.78. The van der Waals surface area contributed by atoms with Crippen LogP contribution in [0, 0.1) is 0 Å². The molecule has 0 fully saturated rings. The molecular weight excluding hydrogens is 370 g/mol. The minimum atomic E-state index is -1.80. The van der Waals surface area contributed by atoms with Crippen molar-refractivity contribution in [3.8, 4) is 0 Å². The molecule has 4 nitrogen and oxygen atoms in total. The number of fused-ring (bicyclic) bond motifs is 1. The van der Waals surface area contributed by atoms with Gasteiger partial charge in [-0.05, 0) is 24.6 Å². The fourth-order valence-electron chi connectivity index (χ4n) is 3.09. The molecule has 1 atom stereocenters. The van der Waals surface area contributed by atoms with E-state index in [2.05, 4.69) is 15.9 Å². The van der Waals surface area contributed by atoms with Crippen LogP contribution < -0.4 is 4.90 Å². The molecular formula is C19H18BrNO3. The number of rotatable bonds is 5. The molecule has 24 heavy (non-hydrogen) atoms. The first-order chi connectivity index (χ1) is 11.5. The van der Waals surface area contributed by atoms with E-state index in [1.54, 1.807) is 41.3 Å². The van der Waals surface area contributed by atoms with Crippen molar-refractivity contribution in [1.29, 1.82) is 0 Å². The van der Waals surface area contributed by atoms with E-state index in [-0.39, 0.29) is 12.2 Å². The molecule has 3 rings (SSSR count). The number of carbonyl (C=O) groups excluding carboxylic acids is 2. The number of hydrogen-bond acceptors (Lipinski definition) is 3. The van der Waals surface area contributed by atoms with Crippen LogP contribution in [-0.4, -0.2) is 23.3 Å². The monoisotopic (exact) mass is 387 g/mol. The smallest absolute Gasteiger partial charge is 0.264 e. The third-order valence-corrected chi connectivity index (χ3v) is 4.80. The number of anilines is 1. The van der Waals surface area contributed by atoms with Gasteiger partial charge >= 0.3 is 0 Å². The number of amides is 1. The minimum Gasteiger partial charge on any atom is -0.375 e. The van der Waals surface area contributed by atoms with Crippen LogP contribution in [0.15, 0.2) is 53.0 Å². The number of para-hydroxylation sites is 1. The lowest BCUT2D eigenvalue weighted by Gasteiger charge is -2.22. The van der Waals surface area contributed by atoms with Crippen molar-refractivity contribution in [2.45, 2.75) is 25.4 Å². The summed E-state index contributed by atoms with van der Waals surface area (Å²) in [4.78, 5) is 27.0. The van der Waals surface area contributed by atoms with E-state index in [0.29, 0.717) is 23.4 Å². The van der Waals surface area contributed by atoms with E-state index in [9.17, 15) is 14.7 Å². The summed E-state index contributed by atoms with van der Waals surface area (Å²) in [5, 5.41) is 11.1. The molecule has 2 aromatic rings. The van der Waals surface area contributed by atoms with Gasteiger partial charge in [-0.2, -0.15) is 0 Å². The lowest BCUT2D eigenvalue weighted by Crippen LogP contribution is -2.42. The molecule has 1 aliphatic rings. The predicted molar refractivity (Wildman–Crippen MR) is 96.1 cm³/mol. The molecule has 0 unspecified atom stereocenters. The fourth-order valence-corrected chi connectivity index (χ4v) is 3.36. The molecule has 1 N–H and O–H groups in total. The highest BCUT2D eigenvalue weighted by molar-refractivity contribution is 9.10. The first kappa shape index (κ1) is 16.9. The second-order valence-electron chi connectivity index (χ2n) is 5.94. The van der Waals surface area contributed by atoms with Crippen molar-refractivity contribution in [2.75, 3.05) is 11.4 Å². The molecule has 0 bridgehead atoms. The number of halogens is 1. The van der Waals surface area contributed by atoms with Gasteiger partial charge in [0.25, 0.3) is 5.91 Å². The fraction of sp³-hybridized carbons (Fsp3) is 0.263. The maximum atomic E-state index is 12.8. The second-order valence-corrected chi connectivity index (χ2v) is 6.86. The molecule has 0 spiro atoms. The normalized spacial score (nSPS) is 19.5. The van der Waals surface area contributed by atoms with Gasteiger partial charge in [-0.15, -0.1) is 0 Å². The van der Waals surface area contributed by atoms with Crippen LogP contribution in [0.4, 0.5) is 5.69 Å². The van der Waals surface area contributed by atoms with Crippen molar-refractivity contribution in [2.24, 2.45) is 0 Å². The van der Waals surface area contributed by atoms with Crippen LogP contribution >= 0.6 is 15.9 Å². The Kier molecular flexibility index (Phi) is 4.56. The van der Waals surface area contributed by atoms with E-state index in [0.717, 1.165) is 10.9 Å². The topological polar surface area (TPSA) is 57.6 Å². The summed E-state index contributed by atoms with van der Waals surface area (Å²) in [5.41, 5.74) is -0.120. The van der Waals surface area contributed by atoms with Crippen LogP contribution in [0.2, 0.25) is 0 Å². The second kappa shape index (κ2) is 6.49. The highest BCUT2D eigenvalue weighted by Crippen LogP contribution is 2.42. The number of nitrogens with zero attached hydrogens (tertiary/aromatic N) is 1. The van der Waals surface area contributed by atoms with Crippen molar-refractivity contribution >= 4 is 33.3 Å². The van der Waals surface area contributed by atoms with E-state index in [1.165, 1.54) is 0 Å². The molecule has 1 aliphatic heterocycles. The minimum absolute atomic E-state index is 0.258. The third-order valence-electron chi connectivity index (χ3n) is 4.27. The summed E-state index contributed by atoms with van der Waals surface area (Å²) in [6.07, 6.45) is 0.515. The van der Waals surface area contributed by atoms with Gasteiger partial charge in [-0.25, -0.2) is 0 Å². The SMILES string of the molecule is CCCN1C(=O)[C@@](O)(CC(=O)c2ccc(Br)cc2)c2ccccc21. The van der Waals surface area contributed by atoms with Gasteiger partial charge in [0.2, 0.25) is 0 Å². The molecule has 1 heterocycles. The van der Waals surface area contributed by atoms with Gasteiger partial charge in [-0.1, -0.05) is 53.2 Å². The van der Waals surface area contributed by atoms with Crippen LogP contribution in [0.5, 0.6) is 0 Å². The molecule has 0 saturated heterocycles. The van der Waals surface area contributed by atoms with Gasteiger partial charge in [0.15, 0.2) is 11.4 Å². The summed E-state index contributed by atoms with van der Waals surface area (Å²) < 4.78 is 0.870. The maximum absolute atomic E-state index is 12.8. The van der Waals surface area contributed by atoms with Crippen LogP contribution in [0.25, 0.3) is 0 Å². The Morgan fingerprint density at radius 2 is 1.83 bits per heavy atom. The quantitative estimate of drug-likeness (QED) is 0.796. The van der Waals surface area contributed by atoms with Gasteiger partial charge in [-0.3, -0.25) is 9.59 Å². The summed E-state index contributed by atoms with van der Waals surface area (Å²) >= 11 is 3.33. The molecule has 1 amide bonds. The van der Waals surface area contributed by atoms with Gasteiger partial charge in [0.1, 0.15) is 0 Å². The number of aliphatic hydroxyl groups is 1. The molecule has 0 aliphatic carbocycles. The number of Topliss-reactive ketones (excluding diaryl/α,β-unsaturated/α-hetero) is 1. The maximum Gasteiger partial charge on any atom is 0.264 e. The van der Waals surface area contributed by atoms with E-state index in [1.807, 2.05) is 19.1 Å². The largest absolute Gasteiger partial charge is 0.375 e. The lowest BCUT2D eigenvalue weighted by molar-refractivity contribution is -0.135. The Hall–Kier alpha value is -1.98. The van der Waals surface area contributed by atoms with Crippen molar-refractivity contribution in [1.82, 2.24) is 0 Å². The zero-order chi connectivity index (χ0) is 17.3. The number of hydrogen-bond donors (Lipinski definition) is 1. The van der Waals surface area contributed by atoms with Crippen LogP contribution in [0.3, 0.4) is 0 Å².